The van der Waals surface area contributed by atoms with E-state index in [0.29, 0.717) is 24.8 Å². The van der Waals surface area contributed by atoms with E-state index in [1.807, 2.05) is 29.2 Å². The summed E-state index contributed by atoms with van der Waals surface area (Å²) >= 11 is 0. The zero-order chi connectivity index (χ0) is 15.2. The summed E-state index contributed by atoms with van der Waals surface area (Å²) in [6.45, 7) is 4.60. The van der Waals surface area contributed by atoms with E-state index < -0.39 is 0 Å². The molecule has 0 saturated carbocycles. The molecule has 4 heteroatoms. The van der Waals surface area contributed by atoms with Gasteiger partial charge in [0.25, 0.3) is 0 Å². The Morgan fingerprint density at radius 2 is 2.10 bits per heavy atom. The molecule has 0 radical (unpaired) electrons. The zero-order valence-electron chi connectivity index (χ0n) is 13.0. The predicted octanol–water partition coefficient (Wildman–Crippen LogP) is 2.07. The molecule has 1 saturated heterocycles. The molecule has 1 heterocycles. The molecule has 21 heavy (non-hydrogen) atoms. The topological polar surface area (TPSA) is 55.6 Å². The van der Waals surface area contributed by atoms with Gasteiger partial charge in [-0.1, -0.05) is 19.1 Å². The third-order valence-corrected chi connectivity index (χ3v) is 4.56. The average molecular weight is 290 g/mol. The summed E-state index contributed by atoms with van der Waals surface area (Å²) in [5.41, 5.74) is 6.97. The molecule has 2 N–H and O–H groups in total. The minimum Gasteiger partial charge on any atom is -0.497 e. The monoisotopic (exact) mass is 290 g/mol. The van der Waals surface area contributed by atoms with E-state index in [1.54, 1.807) is 7.11 Å². The number of piperidine rings is 1. The molecule has 2 unspecified atom stereocenters. The van der Waals surface area contributed by atoms with E-state index >= 15 is 0 Å². The zero-order valence-corrected chi connectivity index (χ0v) is 13.0. The fourth-order valence-corrected chi connectivity index (χ4v) is 2.88. The molecule has 1 fully saturated rings. The van der Waals surface area contributed by atoms with Gasteiger partial charge >= 0.3 is 0 Å². The number of methoxy groups -OCH3 is 1. The van der Waals surface area contributed by atoms with Crippen LogP contribution >= 0.6 is 0 Å². The molecule has 1 amide bonds. The second kappa shape index (κ2) is 7.46. The van der Waals surface area contributed by atoms with Crippen molar-refractivity contribution in [3.05, 3.63) is 29.8 Å². The standard InChI is InChI=1S/C17H26N2O2/c1-13-9-10-19(12-15(13)11-18)17(20)8-5-14-3-6-16(21-2)7-4-14/h3-4,6-7,13,15H,5,8-12,18H2,1-2H3. The summed E-state index contributed by atoms with van der Waals surface area (Å²) in [5, 5.41) is 0. The van der Waals surface area contributed by atoms with Crippen LogP contribution in [0.1, 0.15) is 25.3 Å². The Hall–Kier alpha value is -1.55. The van der Waals surface area contributed by atoms with Crippen LogP contribution in [0.2, 0.25) is 0 Å². The van der Waals surface area contributed by atoms with Crippen molar-refractivity contribution in [3.8, 4) is 5.75 Å². The van der Waals surface area contributed by atoms with E-state index in [0.717, 1.165) is 31.7 Å². The first-order valence-corrected chi connectivity index (χ1v) is 7.74. The van der Waals surface area contributed by atoms with Gasteiger partial charge in [-0.05, 0) is 48.9 Å². The van der Waals surface area contributed by atoms with E-state index in [2.05, 4.69) is 6.92 Å². The lowest BCUT2D eigenvalue weighted by atomic mass is 9.87. The number of amides is 1. The Morgan fingerprint density at radius 1 is 1.38 bits per heavy atom. The van der Waals surface area contributed by atoms with Gasteiger partial charge in [0.05, 0.1) is 7.11 Å². The summed E-state index contributed by atoms with van der Waals surface area (Å²) in [6.07, 6.45) is 2.41. The molecular weight excluding hydrogens is 264 g/mol. The highest BCUT2D eigenvalue weighted by molar-refractivity contribution is 5.76. The van der Waals surface area contributed by atoms with Gasteiger partial charge in [-0.25, -0.2) is 0 Å². The smallest absolute Gasteiger partial charge is 0.222 e. The molecule has 4 nitrogen and oxygen atoms in total. The first kappa shape index (κ1) is 15.8. The lowest BCUT2D eigenvalue weighted by Crippen LogP contribution is -2.45. The predicted molar refractivity (Wildman–Crippen MR) is 84.2 cm³/mol. The Labute approximate surface area is 127 Å². The highest BCUT2D eigenvalue weighted by Gasteiger charge is 2.27. The van der Waals surface area contributed by atoms with Gasteiger partial charge in [0.15, 0.2) is 0 Å². The Morgan fingerprint density at radius 3 is 2.71 bits per heavy atom. The van der Waals surface area contributed by atoms with Crippen LogP contribution in [-0.2, 0) is 11.2 Å². The second-order valence-electron chi connectivity index (χ2n) is 5.95. The largest absolute Gasteiger partial charge is 0.497 e. The Bertz CT molecular complexity index is 458. The Balaban J connectivity index is 1.83. The molecule has 0 bridgehead atoms. The van der Waals surface area contributed by atoms with Gasteiger partial charge in [0.2, 0.25) is 5.91 Å². The molecule has 0 aliphatic carbocycles. The molecule has 0 spiro atoms. The maximum atomic E-state index is 12.3. The van der Waals surface area contributed by atoms with Crippen LogP contribution < -0.4 is 10.5 Å². The molecule has 1 aromatic carbocycles. The SMILES string of the molecule is COc1ccc(CCC(=O)N2CCC(C)C(CN)C2)cc1. The third kappa shape index (κ3) is 4.21. The molecule has 116 valence electrons. The molecule has 2 rings (SSSR count). The number of ether oxygens (including phenoxy) is 1. The third-order valence-electron chi connectivity index (χ3n) is 4.56. The van der Waals surface area contributed by atoms with Crippen LogP contribution in [0, 0.1) is 11.8 Å². The summed E-state index contributed by atoms with van der Waals surface area (Å²) in [7, 11) is 1.66. The van der Waals surface area contributed by atoms with Gasteiger partial charge in [-0.2, -0.15) is 0 Å². The number of carbonyl (C=O) groups excluding carboxylic acids is 1. The number of aryl methyl sites for hydroxylation is 1. The number of hydrogen-bond donors (Lipinski definition) is 1. The van der Waals surface area contributed by atoms with E-state index in [9.17, 15) is 4.79 Å². The average Bonchev–Trinajstić information content (AvgIpc) is 2.53. The van der Waals surface area contributed by atoms with Crippen molar-refractivity contribution in [2.45, 2.75) is 26.2 Å². The lowest BCUT2D eigenvalue weighted by molar-refractivity contribution is -0.133. The fourth-order valence-electron chi connectivity index (χ4n) is 2.88. The summed E-state index contributed by atoms with van der Waals surface area (Å²) in [4.78, 5) is 14.3. The summed E-state index contributed by atoms with van der Waals surface area (Å²) in [5.74, 6) is 2.17. The summed E-state index contributed by atoms with van der Waals surface area (Å²) in [6, 6.07) is 7.92. The highest BCUT2D eigenvalue weighted by Crippen LogP contribution is 2.23. The van der Waals surface area contributed by atoms with Crippen molar-refractivity contribution >= 4 is 5.91 Å². The number of hydrogen-bond acceptors (Lipinski definition) is 3. The quantitative estimate of drug-likeness (QED) is 0.903. The van der Waals surface area contributed by atoms with Crippen LogP contribution in [0.4, 0.5) is 0 Å². The van der Waals surface area contributed by atoms with Gasteiger partial charge < -0.3 is 15.4 Å². The van der Waals surface area contributed by atoms with Gasteiger partial charge in [-0.15, -0.1) is 0 Å². The summed E-state index contributed by atoms with van der Waals surface area (Å²) < 4.78 is 5.14. The van der Waals surface area contributed by atoms with Gasteiger partial charge in [0.1, 0.15) is 5.75 Å². The van der Waals surface area contributed by atoms with Crippen molar-refractivity contribution in [2.75, 3.05) is 26.7 Å². The minimum absolute atomic E-state index is 0.246. The number of nitrogens with two attached hydrogens (primary N) is 1. The maximum Gasteiger partial charge on any atom is 0.222 e. The van der Waals surface area contributed by atoms with E-state index in [1.165, 1.54) is 5.56 Å². The van der Waals surface area contributed by atoms with Crippen molar-refractivity contribution in [1.29, 1.82) is 0 Å². The normalized spacial score (nSPS) is 22.1. The van der Waals surface area contributed by atoms with Crippen molar-refractivity contribution in [3.63, 3.8) is 0 Å². The van der Waals surface area contributed by atoms with Crippen molar-refractivity contribution in [1.82, 2.24) is 4.90 Å². The Kier molecular flexibility index (Phi) is 5.62. The van der Waals surface area contributed by atoms with E-state index in [-0.39, 0.29) is 5.91 Å². The van der Waals surface area contributed by atoms with Crippen molar-refractivity contribution < 1.29 is 9.53 Å². The van der Waals surface area contributed by atoms with Crippen LogP contribution in [0.15, 0.2) is 24.3 Å². The fraction of sp³-hybridized carbons (Fsp3) is 0.588. The molecule has 0 aromatic heterocycles. The molecular formula is C17H26N2O2. The van der Waals surface area contributed by atoms with Gasteiger partial charge in [-0.3, -0.25) is 4.79 Å². The van der Waals surface area contributed by atoms with E-state index in [4.69, 9.17) is 10.5 Å². The second-order valence-corrected chi connectivity index (χ2v) is 5.95. The number of carbonyl (C=O) groups is 1. The molecule has 1 aliphatic heterocycles. The highest BCUT2D eigenvalue weighted by atomic mass is 16.5. The van der Waals surface area contributed by atoms with Gasteiger partial charge in [0, 0.05) is 19.5 Å². The van der Waals surface area contributed by atoms with Crippen LogP contribution in [-0.4, -0.2) is 37.6 Å². The van der Waals surface area contributed by atoms with Crippen molar-refractivity contribution in [2.24, 2.45) is 17.6 Å². The van der Waals surface area contributed by atoms with Crippen LogP contribution in [0.3, 0.4) is 0 Å². The number of rotatable bonds is 5. The number of likely N-dealkylation sites (tertiary alicyclic amines) is 1. The first-order valence-electron chi connectivity index (χ1n) is 7.74. The minimum atomic E-state index is 0.246. The molecule has 1 aromatic rings. The first-order chi connectivity index (χ1) is 10.1. The maximum absolute atomic E-state index is 12.3. The molecule has 2 atom stereocenters. The van der Waals surface area contributed by atoms with Crippen LogP contribution in [0.5, 0.6) is 5.75 Å². The number of benzene rings is 1. The lowest BCUT2D eigenvalue weighted by Gasteiger charge is -2.36. The van der Waals surface area contributed by atoms with Crippen LogP contribution in [0.25, 0.3) is 0 Å². The number of nitrogens with zero attached hydrogens (tertiary/aromatic N) is 1. The molecule has 1 aliphatic rings.